The zero-order valence-electron chi connectivity index (χ0n) is 13.3. The van der Waals surface area contributed by atoms with Crippen LogP contribution in [0.15, 0.2) is 24.3 Å². The highest BCUT2D eigenvalue weighted by Gasteiger charge is 2.26. The van der Waals surface area contributed by atoms with Crippen LogP contribution in [-0.4, -0.2) is 41.3 Å². The predicted molar refractivity (Wildman–Crippen MR) is 89.4 cm³/mol. The van der Waals surface area contributed by atoms with Gasteiger partial charge < -0.3 is 9.84 Å². The van der Waals surface area contributed by atoms with Crippen molar-refractivity contribution in [2.45, 2.75) is 58.2 Å². The number of rotatable bonds is 5. The molecule has 0 bridgehead atoms. The van der Waals surface area contributed by atoms with Crippen LogP contribution >= 0.6 is 12.4 Å². The smallest absolute Gasteiger partial charge is 0.122 e. The van der Waals surface area contributed by atoms with Crippen molar-refractivity contribution < 1.29 is 9.84 Å². The van der Waals surface area contributed by atoms with Gasteiger partial charge >= 0.3 is 0 Å². The van der Waals surface area contributed by atoms with Gasteiger partial charge in [-0.2, -0.15) is 0 Å². The minimum absolute atomic E-state index is 0. The molecule has 1 aromatic rings. The number of likely N-dealkylation sites (tertiary alicyclic amines) is 1. The quantitative estimate of drug-likeness (QED) is 0.904. The number of aliphatic hydroxyl groups is 1. The summed E-state index contributed by atoms with van der Waals surface area (Å²) in [4.78, 5) is 2.41. The molecular weight excluding hydrogens is 286 g/mol. The summed E-state index contributed by atoms with van der Waals surface area (Å²) in [6, 6.07) is 9.06. The first-order valence-electron chi connectivity index (χ1n) is 7.70. The molecule has 3 atom stereocenters. The summed E-state index contributed by atoms with van der Waals surface area (Å²) in [7, 11) is 0. The van der Waals surface area contributed by atoms with Gasteiger partial charge in [-0.3, -0.25) is 4.90 Å². The third-order valence-electron chi connectivity index (χ3n) is 4.32. The number of aliphatic hydroxyl groups excluding tert-OH is 1. The van der Waals surface area contributed by atoms with E-state index >= 15 is 0 Å². The molecule has 2 rings (SSSR count). The fourth-order valence-electron chi connectivity index (χ4n) is 3.04. The average molecular weight is 314 g/mol. The summed E-state index contributed by atoms with van der Waals surface area (Å²) in [6.07, 6.45) is 3.33. The first-order chi connectivity index (χ1) is 9.58. The zero-order valence-corrected chi connectivity index (χ0v) is 14.1. The van der Waals surface area contributed by atoms with Crippen LogP contribution in [0.4, 0.5) is 0 Å². The third kappa shape index (κ3) is 5.17. The average Bonchev–Trinajstić information content (AvgIpc) is 2.42. The van der Waals surface area contributed by atoms with Gasteiger partial charge in [0.2, 0.25) is 0 Å². The molecule has 4 heteroatoms. The number of hydrogen-bond acceptors (Lipinski definition) is 3. The number of hydrogen-bond donors (Lipinski definition) is 1. The summed E-state index contributed by atoms with van der Waals surface area (Å²) in [5.74, 6) is 0.867. The number of aryl methyl sites for hydroxylation is 1. The van der Waals surface area contributed by atoms with Gasteiger partial charge in [0, 0.05) is 18.6 Å². The maximum atomic E-state index is 10.2. The lowest BCUT2D eigenvalue weighted by atomic mass is 9.97. The first-order valence-corrected chi connectivity index (χ1v) is 7.70. The molecule has 0 amide bonds. The number of ether oxygens (including phenoxy) is 1. The molecule has 1 N–H and O–H groups in total. The Labute approximate surface area is 134 Å². The molecule has 0 spiro atoms. The second-order valence-electron chi connectivity index (χ2n) is 6.06. The van der Waals surface area contributed by atoms with Crippen LogP contribution in [0.25, 0.3) is 0 Å². The fraction of sp³-hybridized carbons (Fsp3) is 0.647. The maximum Gasteiger partial charge on any atom is 0.122 e. The standard InChI is InChI=1S/C17H27NO2.ClH/c1-13-7-4-5-10-17(13)20-12-16(19)11-18-14(2)8-6-9-15(18)3;/h4-5,7,10,14-16,19H,6,8-9,11-12H2,1-3H3;1H. The normalized spacial score (nSPS) is 24.2. The van der Waals surface area contributed by atoms with Crippen molar-refractivity contribution in [2.75, 3.05) is 13.2 Å². The van der Waals surface area contributed by atoms with Crippen LogP contribution in [0, 0.1) is 6.92 Å². The Balaban J connectivity index is 0.00000220. The molecule has 3 unspecified atom stereocenters. The molecule has 1 aliphatic rings. The fourth-order valence-corrected chi connectivity index (χ4v) is 3.04. The molecule has 0 aliphatic carbocycles. The first kappa shape index (κ1) is 18.3. The second-order valence-corrected chi connectivity index (χ2v) is 6.06. The molecule has 21 heavy (non-hydrogen) atoms. The highest BCUT2D eigenvalue weighted by Crippen LogP contribution is 2.23. The minimum atomic E-state index is -0.433. The van der Waals surface area contributed by atoms with E-state index in [0.29, 0.717) is 25.2 Å². The van der Waals surface area contributed by atoms with Crippen molar-refractivity contribution in [3.05, 3.63) is 29.8 Å². The largest absolute Gasteiger partial charge is 0.491 e. The number of nitrogens with zero attached hydrogens (tertiary/aromatic N) is 1. The van der Waals surface area contributed by atoms with Gasteiger partial charge in [-0.15, -0.1) is 12.4 Å². The predicted octanol–water partition coefficient (Wildman–Crippen LogP) is 3.42. The van der Waals surface area contributed by atoms with Crippen LogP contribution < -0.4 is 4.74 Å². The molecule has 1 aromatic carbocycles. The van der Waals surface area contributed by atoms with Crippen molar-refractivity contribution in [3.63, 3.8) is 0 Å². The summed E-state index contributed by atoms with van der Waals surface area (Å²) in [5, 5.41) is 10.2. The zero-order chi connectivity index (χ0) is 14.5. The van der Waals surface area contributed by atoms with E-state index in [1.165, 1.54) is 19.3 Å². The monoisotopic (exact) mass is 313 g/mol. The van der Waals surface area contributed by atoms with Crippen molar-refractivity contribution in [3.8, 4) is 5.75 Å². The molecule has 0 aromatic heterocycles. The molecule has 0 radical (unpaired) electrons. The summed E-state index contributed by atoms with van der Waals surface area (Å²) < 4.78 is 5.73. The van der Waals surface area contributed by atoms with Crippen molar-refractivity contribution >= 4 is 12.4 Å². The lowest BCUT2D eigenvalue weighted by molar-refractivity contribution is 0.0208. The van der Waals surface area contributed by atoms with E-state index in [1.54, 1.807) is 0 Å². The molecule has 1 aliphatic heterocycles. The van der Waals surface area contributed by atoms with Crippen LogP contribution in [0.1, 0.15) is 38.7 Å². The molecule has 1 saturated heterocycles. The van der Waals surface area contributed by atoms with Crippen LogP contribution in [0.2, 0.25) is 0 Å². The summed E-state index contributed by atoms with van der Waals surface area (Å²) in [6.45, 7) is 7.60. The molecular formula is C17H28ClNO2. The van der Waals surface area contributed by atoms with E-state index in [9.17, 15) is 5.11 Å². The van der Waals surface area contributed by atoms with Crippen molar-refractivity contribution in [1.29, 1.82) is 0 Å². The Bertz CT molecular complexity index is 417. The Morgan fingerprint density at radius 2 is 1.86 bits per heavy atom. The molecule has 1 heterocycles. The number of para-hydroxylation sites is 1. The minimum Gasteiger partial charge on any atom is -0.491 e. The molecule has 0 saturated carbocycles. The number of halogens is 1. The van der Waals surface area contributed by atoms with Gasteiger partial charge in [-0.25, -0.2) is 0 Å². The van der Waals surface area contributed by atoms with Gasteiger partial charge in [0.1, 0.15) is 18.5 Å². The lowest BCUT2D eigenvalue weighted by Gasteiger charge is -2.40. The van der Waals surface area contributed by atoms with E-state index < -0.39 is 6.10 Å². The van der Waals surface area contributed by atoms with E-state index in [-0.39, 0.29) is 12.4 Å². The van der Waals surface area contributed by atoms with Gasteiger partial charge in [-0.1, -0.05) is 24.6 Å². The van der Waals surface area contributed by atoms with Crippen molar-refractivity contribution in [1.82, 2.24) is 4.90 Å². The molecule has 3 nitrogen and oxygen atoms in total. The van der Waals surface area contributed by atoms with Crippen LogP contribution in [-0.2, 0) is 0 Å². The van der Waals surface area contributed by atoms with E-state index in [0.717, 1.165) is 11.3 Å². The topological polar surface area (TPSA) is 32.7 Å². The van der Waals surface area contributed by atoms with Crippen LogP contribution in [0.3, 0.4) is 0 Å². The Hall–Kier alpha value is -0.770. The van der Waals surface area contributed by atoms with Gasteiger partial charge in [0.25, 0.3) is 0 Å². The van der Waals surface area contributed by atoms with Gasteiger partial charge in [0.15, 0.2) is 0 Å². The number of β-amino-alcohol motifs (C(OH)–C–C–N with tert-alkyl or cyclic N) is 1. The van der Waals surface area contributed by atoms with E-state index in [1.807, 2.05) is 31.2 Å². The SMILES string of the molecule is Cc1ccccc1OCC(O)CN1C(C)CCCC1C.Cl. The Kier molecular flexibility index (Phi) is 7.50. The van der Waals surface area contributed by atoms with Crippen LogP contribution in [0.5, 0.6) is 5.75 Å². The lowest BCUT2D eigenvalue weighted by Crippen LogP contribution is -2.48. The number of benzene rings is 1. The highest BCUT2D eigenvalue weighted by molar-refractivity contribution is 5.85. The Morgan fingerprint density at radius 1 is 1.24 bits per heavy atom. The summed E-state index contributed by atoms with van der Waals surface area (Å²) in [5.41, 5.74) is 1.11. The second kappa shape index (κ2) is 8.62. The van der Waals surface area contributed by atoms with E-state index in [4.69, 9.17) is 4.74 Å². The number of piperidine rings is 1. The molecule has 1 fully saturated rings. The van der Waals surface area contributed by atoms with Gasteiger partial charge in [-0.05, 0) is 45.2 Å². The summed E-state index contributed by atoms with van der Waals surface area (Å²) >= 11 is 0. The van der Waals surface area contributed by atoms with Gasteiger partial charge in [0.05, 0.1) is 0 Å². The van der Waals surface area contributed by atoms with E-state index in [2.05, 4.69) is 18.7 Å². The Morgan fingerprint density at radius 3 is 2.48 bits per heavy atom. The maximum absolute atomic E-state index is 10.2. The van der Waals surface area contributed by atoms with Crippen molar-refractivity contribution in [2.24, 2.45) is 0 Å². The molecule has 120 valence electrons. The highest BCUT2D eigenvalue weighted by atomic mass is 35.5. The third-order valence-corrected chi connectivity index (χ3v) is 4.32.